The highest BCUT2D eigenvalue weighted by atomic mass is 16.5. The summed E-state index contributed by atoms with van der Waals surface area (Å²) in [6.07, 6.45) is 2.42. The quantitative estimate of drug-likeness (QED) is 0.632. The molecule has 1 heterocycles. The Balaban J connectivity index is 1.80. The van der Waals surface area contributed by atoms with Crippen molar-refractivity contribution in [3.63, 3.8) is 0 Å². The number of methoxy groups -OCH3 is 1. The topological polar surface area (TPSA) is 89.7 Å². The second kappa shape index (κ2) is 9.23. The molecule has 2 amide bonds. The Bertz CT molecular complexity index is 891. The number of anilines is 1. The van der Waals surface area contributed by atoms with Crippen molar-refractivity contribution in [2.75, 3.05) is 31.7 Å². The third-order valence-corrected chi connectivity index (χ3v) is 4.93. The standard InChI is InChI=1S/C22H26N4O3/c1-3-29-21-12-18(7-8-20(21)17(13-23)14-24)26-10-9-25(22(26)27)15-16-5-4-6-19(11-16)28-2/h4-8,11-14,17,23-24H,3,9-10,15H2,1-2H3. The molecule has 0 spiro atoms. The molecule has 7 heteroatoms. The second-order valence-electron chi connectivity index (χ2n) is 6.72. The van der Waals surface area contributed by atoms with E-state index in [1.165, 1.54) is 12.4 Å². The third kappa shape index (κ3) is 4.39. The first-order chi connectivity index (χ1) is 14.1. The summed E-state index contributed by atoms with van der Waals surface area (Å²) in [5, 5.41) is 15.1. The number of amides is 2. The number of ether oxygens (including phenoxy) is 2. The summed E-state index contributed by atoms with van der Waals surface area (Å²) in [5.41, 5.74) is 2.52. The van der Waals surface area contributed by atoms with Crippen molar-refractivity contribution in [2.24, 2.45) is 0 Å². The normalized spacial score (nSPS) is 14.6. The molecule has 2 aromatic rings. The lowest BCUT2D eigenvalue weighted by Gasteiger charge is -2.21. The molecule has 3 rings (SSSR count). The van der Waals surface area contributed by atoms with Crippen molar-refractivity contribution in [2.45, 2.75) is 19.4 Å². The molecule has 0 saturated carbocycles. The van der Waals surface area contributed by atoms with Gasteiger partial charge in [0.25, 0.3) is 0 Å². The number of urea groups is 1. The predicted molar refractivity (Wildman–Crippen MR) is 114 cm³/mol. The summed E-state index contributed by atoms with van der Waals surface area (Å²) in [6.45, 7) is 4.09. The Hall–Kier alpha value is -3.35. The van der Waals surface area contributed by atoms with Gasteiger partial charge in [0, 0.05) is 49.4 Å². The molecule has 1 aliphatic heterocycles. The molecule has 0 atom stereocenters. The zero-order valence-electron chi connectivity index (χ0n) is 16.7. The lowest BCUT2D eigenvalue weighted by Crippen LogP contribution is -2.31. The fraction of sp³-hybridized carbons (Fsp3) is 0.318. The zero-order chi connectivity index (χ0) is 20.8. The van der Waals surface area contributed by atoms with Gasteiger partial charge in [0.2, 0.25) is 0 Å². The van der Waals surface area contributed by atoms with Gasteiger partial charge in [-0.25, -0.2) is 4.79 Å². The molecule has 1 aliphatic rings. The number of carbonyl (C=O) groups excluding carboxylic acids is 1. The monoisotopic (exact) mass is 394 g/mol. The van der Waals surface area contributed by atoms with Crippen LogP contribution in [0.5, 0.6) is 11.5 Å². The van der Waals surface area contributed by atoms with Gasteiger partial charge in [0.05, 0.1) is 19.6 Å². The number of nitrogens with zero attached hydrogens (tertiary/aromatic N) is 2. The SMILES string of the molecule is CCOc1cc(N2CCN(Cc3cccc(OC)c3)C2=O)ccc1C(C=N)C=N. The van der Waals surface area contributed by atoms with Crippen LogP contribution < -0.4 is 14.4 Å². The number of carbonyl (C=O) groups is 1. The van der Waals surface area contributed by atoms with Gasteiger partial charge in [-0.3, -0.25) is 4.90 Å². The van der Waals surface area contributed by atoms with E-state index in [0.29, 0.717) is 32.0 Å². The van der Waals surface area contributed by atoms with Crippen molar-refractivity contribution in [3.05, 3.63) is 53.6 Å². The van der Waals surface area contributed by atoms with Crippen LogP contribution in [0.3, 0.4) is 0 Å². The van der Waals surface area contributed by atoms with E-state index in [4.69, 9.17) is 20.3 Å². The van der Waals surface area contributed by atoms with E-state index < -0.39 is 5.92 Å². The maximum absolute atomic E-state index is 13.0. The Labute approximate surface area is 170 Å². The Morgan fingerprint density at radius 1 is 1.14 bits per heavy atom. The van der Waals surface area contributed by atoms with Crippen LogP contribution >= 0.6 is 0 Å². The minimum absolute atomic E-state index is 0.0568. The molecule has 2 aromatic carbocycles. The van der Waals surface area contributed by atoms with Gasteiger partial charge in [-0.15, -0.1) is 0 Å². The predicted octanol–water partition coefficient (Wildman–Crippen LogP) is 3.92. The van der Waals surface area contributed by atoms with E-state index in [0.717, 1.165) is 22.6 Å². The van der Waals surface area contributed by atoms with Crippen molar-refractivity contribution in [1.82, 2.24) is 4.90 Å². The molecule has 1 fully saturated rings. The van der Waals surface area contributed by atoms with Crippen LogP contribution in [0.1, 0.15) is 24.0 Å². The first kappa shape index (κ1) is 20.4. The first-order valence-electron chi connectivity index (χ1n) is 9.58. The molecule has 0 aliphatic carbocycles. The van der Waals surface area contributed by atoms with Crippen molar-refractivity contribution >= 4 is 24.1 Å². The largest absolute Gasteiger partial charge is 0.497 e. The highest BCUT2D eigenvalue weighted by molar-refractivity contribution is 5.95. The van der Waals surface area contributed by atoms with Gasteiger partial charge < -0.3 is 25.2 Å². The smallest absolute Gasteiger partial charge is 0.324 e. The Morgan fingerprint density at radius 3 is 2.62 bits per heavy atom. The molecular formula is C22H26N4O3. The molecular weight excluding hydrogens is 368 g/mol. The highest BCUT2D eigenvalue weighted by Gasteiger charge is 2.30. The lowest BCUT2D eigenvalue weighted by atomic mass is 10.00. The van der Waals surface area contributed by atoms with Crippen molar-refractivity contribution in [3.8, 4) is 11.5 Å². The minimum atomic E-state index is -0.440. The van der Waals surface area contributed by atoms with Gasteiger partial charge in [0.1, 0.15) is 11.5 Å². The molecule has 29 heavy (non-hydrogen) atoms. The molecule has 152 valence electrons. The summed E-state index contributed by atoms with van der Waals surface area (Å²) in [7, 11) is 1.63. The highest BCUT2D eigenvalue weighted by Crippen LogP contribution is 2.32. The summed E-state index contributed by atoms with van der Waals surface area (Å²) >= 11 is 0. The first-order valence-corrected chi connectivity index (χ1v) is 9.58. The number of hydrogen-bond acceptors (Lipinski definition) is 5. The summed E-state index contributed by atoms with van der Waals surface area (Å²) < 4.78 is 11.0. The fourth-order valence-electron chi connectivity index (χ4n) is 3.43. The van der Waals surface area contributed by atoms with E-state index in [2.05, 4.69) is 0 Å². The summed E-state index contributed by atoms with van der Waals surface area (Å²) in [4.78, 5) is 16.5. The number of rotatable bonds is 9. The Kier molecular flexibility index (Phi) is 6.49. The molecule has 1 saturated heterocycles. The summed E-state index contributed by atoms with van der Waals surface area (Å²) in [6, 6.07) is 13.2. The van der Waals surface area contributed by atoms with Crippen LogP contribution in [0, 0.1) is 10.8 Å². The zero-order valence-corrected chi connectivity index (χ0v) is 16.7. The molecule has 0 unspecified atom stereocenters. The van der Waals surface area contributed by atoms with Crippen molar-refractivity contribution < 1.29 is 14.3 Å². The summed E-state index contributed by atoms with van der Waals surface area (Å²) in [5.74, 6) is 0.931. The lowest BCUT2D eigenvalue weighted by molar-refractivity contribution is 0.218. The van der Waals surface area contributed by atoms with Crippen LogP contribution in [-0.2, 0) is 6.54 Å². The third-order valence-electron chi connectivity index (χ3n) is 4.93. The van der Waals surface area contributed by atoms with Crippen LogP contribution in [0.15, 0.2) is 42.5 Å². The number of nitrogens with one attached hydrogen (secondary N) is 2. The molecule has 0 bridgehead atoms. The fourth-order valence-corrected chi connectivity index (χ4v) is 3.43. The number of benzene rings is 2. The van der Waals surface area contributed by atoms with Crippen LogP contribution in [0.2, 0.25) is 0 Å². The number of hydrogen-bond donors (Lipinski definition) is 2. The minimum Gasteiger partial charge on any atom is -0.497 e. The average Bonchev–Trinajstić information content (AvgIpc) is 3.10. The van der Waals surface area contributed by atoms with Gasteiger partial charge in [0.15, 0.2) is 0 Å². The van der Waals surface area contributed by atoms with Gasteiger partial charge >= 0.3 is 6.03 Å². The van der Waals surface area contributed by atoms with Crippen molar-refractivity contribution in [1.29, 1.82) is 10.8 Å². The Morgan fingerprint density at radius 2 is 1.93 bits per heavy atom. The van der Waals surface area contributed by atoms with Crippen LogP contribution in [0.25, 0.3) is 0 Å². The maximum atomic E-state index is 13.0. The van der Waals surface area contributed by atoms with Gasteiger partial charge in [-0.05, 0) is 30.7 Å². The average molecular weight is 394 g/mol. The molecule has 0 aromatic heterocycles. The van der Waals surface area contributed by atoms with E-state index in [-0.39, 0.29) is 6.03 Å². The molecule has 2 N–H and O–H groups in total. The van der Waals surface area contributed by atoms with Crippen LogP contribution in [0.4, 0.5) is 10.5 Å². The second-order valence-corrected chi connectivity index (χ2v) is 6.72. The van der Waals surface area contributed by atoms with Gasteiger partial charge in [-0.1, -0.05) is 18.2 Å². The van der Waals surface area contributed by atoms with E-state index in [1.807, 2.05) is 49.4 Å². The van der Waals surface area contributed by atoms with E-state index >= 15 is 0 Å². The maximum Gasteiger partial charge on any atom is 0.324 e. The molecule has 7 nitrogen and oxygen atoms in total. The van der Waals surface area contributed by atoms with E-state index in [9.17, 15) is 4.79 Å². The van der Waals surface area contributed by atoms with E-state index in [1.54, 1.807) is 16.9 Å². The molecule has 0 radical (unpaired) electrons. The van der Waals surface area contributed by atoms with Gasteiger partial charge in [-0.2, -0.15) is 0 Å². The van der Waals surface area contributed by atoms with Crippen LogP contribution in [-0.4, -0.2) is 50.2 Å².